The number of hydrogen-bond donors (Lipinski definition) is 0. The molecule has 6 atom stereocenters. The van der Waals surface area contributed by atoms with Gasteiger partial charge in [0, 0.05) is 11.8 Å². The molecular formula is C20H20O8. The Morgan fingerprint density at radius 2 is 1.36 bits per heavy atom. The van der Waals surface area contributed by atoms with Crippen molar-refractivity contribution in [3.8, 4) is 0 Å². The zero-order chi connectivity index (χ0) is 20.3. The van der Waals surface area contributed by atoms with Crippen molar-refractivity contribution in [1.82, 2.24) is 0 Å². The summed E-state index contributed by atoms with van der Waals surface area (Å²) in [7, 11) is 0. The lowest BCUT2D eigenvalue weighted by atomic mass is 9.54. The van der Waals surface area contributed by atoms with Crippen molar-refractivity contribution in [1.29, 1.82) is 0 Å². The SMILES string of the molecule is CC1(C)OC2(OC1=O)C(=O)C1C=CC2C2C1C=CC(=O)[C@@]21OC(=O)C(C)(C)O1. The van der Waals surface area contributed by atoms with E-state index in [2.05, 4.69) is 0 Å². The molecule has 0 amide bonds. The monoisotopic (exact) mass is 388 g/mol. The van der Waals surface area contributed by atoms with E-state index in [0.717, 1.165) is 0 Å². The number of ketones is 2. The molecule has 1 saturated carbocycles. The van der Waals surface area contributed by atoms with Gasteiger partial charge in [-0.1, -0.05) is 18.2 Å². The van der Waals surface area contributed by atoms with Gasteiger partial charge in [-0.2, -0.15) is 0 Å². The summed E-state index contributed by atoms with van der Waals surface area (Å²) in [5, 5.41) is 0. The van der Waals surface area contributed by atoms with Crippen LogP contribution in [0.5, 0.6) is 0 Å². The summed E-state index contributed by atoms with van der Waals surface area (Å²) >= 11 is 0. The van der Waals surface area contributed by atoms with Crippen LogP contribution in [-0.4, -0.2) is 46.3 Å². The number of Topliss-reactive ketones (excluding diaryl/α,β-unsaturated/α-hetero) is 1. The molecule has 6 rings (SSSR count). The molecule has 4 aliphatic carbocycles. The van der Waals surface area contributed by atoms with E-state index in [1.54, 1.807) is 18.2 Å². The predicted octanol–water partition coefficient (Wildman–Crippen LogP) is 0.839. The Morgan fingerprint density at radius 3 is 1.89 bits per heavy atom. The zero-order valence-electron chi connectivity index (χ0n) is 15.9. The average molecular weight is 388 g/mol. The molecule has 2 saturated heterocycles. The Morgan fingerprint density at radius 1 is 0.786 bits per heavy atom. The van der Waals surface area contributed by atoms with Crippen molar-refractivity contribution < 1.29 is 38.1 Å². The van der Waals surface area contributed by atoms with Crippen LogP contribution in [0.1, 0.15) is 27.7 Å². The highest BCUT2D eigenvalue weighted by molar-refractivity contribution is 6.03. The van der Waals surface area contributed by atoms with E-state index in [9.17, 15) is 19.2 Å². The summed E-state index contributed by atoms with van der Waals surface area (Å²) in [5.74, 6) is -8.69. The predicted molar refractivity (Wildman–Crippen MR) is 90.2 cm³/mol. The Balaban J connectivity index is 1.68. The Hall–Kier alpha value is -2.32. The van der Waals surface area contributed by atoms with Gasteiger partial charge in [0.2, 0.25) is 11.6 Å². The van der Waals surface area contributed by atoms with Crippen molar-refractivity contribution >= 4 is 23.5 Å². The smallest absolute Gasteiger partial charge is 0.340 e. The van der Waals surface area contributed by atoms with E-state index in [4.69, 9.17) is 18.9 Å². The third kappa shape index (κ3) is 1.83. The van der Waals surface area contributed by atoms with Crippen LogP contribution >= 0.6 is 0 Å². The van der Waals surface area contributed by atoms with E-state index in [1.165, 1.54) is 33.8 Å². The molecule has 2 heterocycles. The summed E-state index contributed by atoms with van der Waals surface area (Å²) in [6, 6.07) is 0. The molecule has 2 aliphatic heterocycles. The minimum absolute atomic E-state index is 0.377. The fraction of sp³-hybridized carbons (Fsp3) is 0.600. The second-order valence-corrected chi connectivity index (χ2v) is 8.97. The Bertz CT molecular complexity index is 911. The molecule has 0 aromatic heterocycles. The van der Waals surface area contributed by atoms with Crippen LogP contribution in [0, 0.1) is 23.7 Å². The summed E-state index contributed by atoms with van der Waals surface area (Å²) in [5.41, 5.74) is -2.64. The van der Waals surface area contributed by atoms with Gasteiger partial charge in [0.05, 0.1) is 11.8 Å². The van der Waals surface area contributed by atoms with Gasteiger partial charge in [-0.3, -0.25) is 9.59 Å². The molecule has 0 N–H and O–H groups in total. The van der Waals surface area contributed by atoms with Gasteiger partial charge in [-0.15, -0.1) is 0 Å². The molecule has 8 nitrogen and oxygen atoms in total. The van der Waals surface area contributed by atoms with E-state index >= 15 is 0 Å². The number of hydrogen-bond acceptors (Lipinski definition) is 8. The standard InChI is InChI=1S/C20H20O8/c1-17(2)15(23)25-19(27-17)11-7-5-10(14(19)22)9-6-8-12(21)20(13(9)11)26-16(24)18(3,4)28-20/h5-11,13H,1-4H3/t9?,10?,11?,13?,19?,20-/m0/s1. The van der Waals surface area contributed by atoms with Crippen LogP contribution in [0.25, 0.3) is 0 Å². The number of allylic oxidation sites excluding steroid dienone is 2. The van der Waals surface area contributed by atoms with Crippen molar-refractivity contribution in [2.24, 2.45) is 23.7 Å². The van der Waals surface area contributed by atoms with Crippen molar-refractivity contribution in [3.63, 3.8) is 0 Å². The van der Waals surface area contributed by atoms with Gasteiger partial charge in [-0.05, 0) is 33.8 Å². The third-order valence-corrected chi connectivity index (χ3v) is 6.36. The molecule has 0 aromatic carbocycles. The number of esters is 2. The molecule has 5 unspecified atom stereocenters. The van der Waals surface area contributed by atoms with E-state index in [0.29, 0.717) is 0 Å². The first-order chi connectivity index (χ1) is 12.9. The van der Waals surface area contributed by atoms with Crippen LogP contribution in [-0.2, 0) is 38.1 Å². The van der Waals surface area contributed by atoms with E-state index in [1.807, 2.05) is 0 Å². The maximum Gasteiger partial charge on any atom is 0.340 e. The molecule has 2 bridgehead atoms. The van der Waals surface area contributed by atoms with E-state index < -0.39 is 64.2 Å². The highest BCUT2D eigenvalue weighted by Crippen LogP contribution is 2.60. The lowest BCUT2D eigenvalue weighted by Crippen LogP contribution is -2.69. The van der Waals surface area contributed by atoms with Gasteiger partial charge in [-0.25, -0.2) is 9.59 Å². The topological polar surface area (TPSA) is 105 Å². The van der Waals surface area contributed by atoms with Gasteiger partial charge in [0.1, 0.15) is 0 Å². The average Bonchev–Trinajstić information content (AvgIpc) is 2.99. The van der Waals surface area contributed by atoms with Crippen LogP contribution < -0.4 is 0 Å². The second-order valence-electron chi connectivity index (χ2n) is 8.97. The van der Waals surface area contributed by atoms with Gasteiger partial charge in [0.15, 0.2) is 11.2 Å². The van der Waals surface area contributed by atoms with Crippen LogP contribution in [0.4, 0.5) is 0 Å². The molecule has 148 valence electrons. The van der Waals surface area contributed by atoms with Gasteiger partial charge >= 0.3 is 11.9 Å². The zero-order valence-corrected chi connectivity index (χ0v) is 15.9. The summed E-state index contributed by atoms with van der Waals surface area (Å²) in [6.07, 6.45) is 6.39. The van der Waals surface area contributed by atoms with Crippen LogP contribution in [0.2, 0.25) is 0 Å². The minimum atomic E-state index is -1.89. The molecule has 8 heteroatoms. The third-order valence-electron chi connectivity index (χ3n) is 6.36. The Kier molecular flexibility index (Phi) is 3.05. The summed E-state index contributed by atoms with van der Waals surface area (Å²) < 4.78 is 22.9. The first-order valence-corrected chi connectivity index (χ1v) is 9.27. The maximum absolute atomic E-state index is 13.3. The van der Waals surface area contributed by atoms with Gasteiger partial charge in [0.25, 0.3) is 11.6 Å². The minimum Gasteiger partial charge on any atom is -0.422 e. The number of carbonyl (C=O) groups is 4. The van der Waals surface area contributed by atoms with Gasteiger partial charge < -0.3 is 18.9 Å². The maximum atomic E-state index is 13.3. The van der Waals surface area contributed by atoms with Crippen molar-refractivity contribution in [2.45, 2.75) is 50.5 Å². The number of ether oxygens (including phenoxy) is 4. The number of rotatable bonds is 0. The number of carbonyl (C=O) groups excluding carboxylic acids is 4. The normalized spacial score (nSPS) is 47.0. The largest absolute Gasteiger partial charge is 0.422 e. The molecule has 3 fully saturated rings. The molecule has 2 spiro atoms. The highest BCUT2D eigenvalue weighted by atomic mass is 16.8. The quantitative estimate of drug-likeness (QED) is 0.444. The van der Waals surface area contributed by atoms with Crippen LogP contribution in [0.3, 0.4) is 0 Å². The van der Waals surface area contributed by atoms with Crippen LogP contribution in [0.15, 0.2) is 24.3 Å². The fourth-order valence-corrected chi connectivity index (χ4v) is 5.06. The lowest BCUT2D eigenvalue weighted by molar-refractivity contribution is -0.276. The fourth-order valence-electron chi connectivity index (χ4n) is 5.06. The molecule has 6 aliphatic rings. The molecule has 0 radical (unpaired) electrons. The first kappa shape index (κ1) is 17.8. The Labute approximate surface area is 160 Å². The summed E-state index contributed by atoms with van der Waals surface area (Å²) in [6.45, 7) is 6.10. The lowest BCUT2D eigenvalue weighted by Gasteiger charge is -2.54. The van der Waals surface area contributed by atoms with E-state index in [-0.39, 0.29) is 5.78 Å². The molecular weight excluding hydrogens is 368 g/mol. The highest BCUT2D eigenvalue weighted by Gasteiger charge is 2.76. The molecule has 28 heavy (non-hydrogen) atoms. The summed E-state index contributed by atoms with van der Waals surface area (Å²) in [4.78, 5) is 50.9. The van der Waals surface area contributed by atoms with Crippen molar-refractivity contribution in [2.75, 3.05) is 0 Å². The van der Waals surface area contributed by atoms with Crippen molar-refractivity contribution in [3.05, 3.63) is 24.3 Å². The molecule has 0 aromatic rings. The first-order valence-electron chi connectivity index (χ1n) is 9.27. The second kappa shape index (κ2) is 4.80.